The van der Waals surface area contributed by atoms with Crippen LogP contribution in [0.4, 0.5) is 0 Å². The van der Waals surface area contributed by atoms with Crippen LogP contribution in [0.2, 0.25) is 0 Å². The number of nitrogens with zero attached hydrogens (tertiary/aromatic N) is 2. The van der Waals surface area contributed by atoms with E-state index in [1.165, 1.54) is 0 Å². The third-order valence-corrected chi connectivity index (χ3v) is 3.11. The number of nitrogens with one attached hydrogen (secondary N) is 1. The molecule has 0 saturated heterocycles. The van der Waals surface area contributed by atoms with E-state index in [0.29, 0.717) is 25.1 Å². The van der Waals surface area contributed by atoms with Gasteiger partial charge in [-0.15, -0.1) is 0 Å². The van der Waals surface area contributed by atoms with Gasteiger partial charge < -0.3 is 11.1 Å². The van der Waals surface area contributed by atoms with Crippen LogP contribution in [0.3, 0.4) is 0 Å². The highest BCUT2D eigenvalue weighted by molar-refractivity contribution is 5.95. The van der Waals surface area contributed by atoms with Crippen LogP contribution in [0, 0.1) is 0 Å². The summed E-state index contributed by atoms with van der Waals surface area (Å²) in [7, 11) is 1.88. The summed E-state index contributed by atoms with van der Waals surface area (Å²) in [4.78, 5) is 12.2. The second kappa shape index (κ2) is 6.86. The van der Waals surface area contributed by atoms with Gasteiger partial charge in [-0.05, 0) is 30.7 Å². The van der Waals surface area contributed by atoms with Gasteiger partial charge in [0, 0.05) is 31.8 Å². The van der Waals surface area contributed by atoms with E-state index >= 15 is 0 Å². The quantitative estimate of drug-likeness (QED) is 0.820. The Morgan fingerprint density at radius 1 is 1.30 bits per heavy atom. The van der Waals surface area contributed by atoms with E-state index in [1.807, 2.05) is 43.6 Å². The molecule has 1 aromatic carbocycles. The molecule has 3 N–H and O–H groups in total. The van der Waals surface area contributed by atoms with Gasteiger partial charge in [-0.25, -0.2) is 0 Å². The molecule has 5 heteroatoms. The fourth-order valence-corrected chi connectivity index (χ4v) is 2.11. The Morgan fingerprint density at radius 2 is 2.10 bits per heavy atom. The standard InChI is InChI=1S/C15H20N4O/c1-19-11-8-13(18-19)7-10-17-15(20)14-5-3-2-4-12(14)6-9-16/h2-5,8,11H,6-7,9-10,16H2,1H3,(H,17,20). The Labute approximate surface area is 118 Å². The first-order valence-electron chi connectivity index (χ1n) is 6.75. The van der Waals surface area contributed by atoms with E-state index < -0.39 is 0 Å². The summed E-state index contributed by atoms with van der Waals surface area (Å²) in [5.41, 5.74) is 8.24. The van der Waals surface area contributed by atoms with Gasteiger partial charge in [-0.3, -0.25) is 9.48 Å². The van der Waals surface area contributed by atoms with Crippen LogP contribution in [0.1, 0.15) is 21.6 Å². The molecule has 0 saturated carbocycles. The van der Waals surface area contributed by atoms with E-state index in [-0.39, 0.29) is 5.91 Å². The summed E-state index contributed by atoms with van der Waals surface area (Å²) in [5, 5.41) is 7.20. The molecule has 0 aliphatic carbocycles. The van der Waals surface area contributed by atoms with Crippen LogP contribution in [-0.2, 0) is 19.9 Å². The minimum atomic E-state index is -0.0509. The average Bonchev–Trinajstić information content (AvgIpc) is 2.85. The summed E-state index contributed by atoms with van der Waals surface area (Å²) in [5.74, 6) is -0.0509. The lowest BCUT2D eigenvalue weighted by Crippen LogP contribution is -2.27. The van der Waals surface area contributed by atoms with Crippen molar-refractivity contribution in [3.05, 3.63) is 53.3 Å². The number of nitrogens with two attached hydrogens (primary N) is 1. The number of carbonyl (C=O) groups is 1. The Balaban J connectivity index is 1.91. The molecular formula is C15H20N4O. The normalized spacial score (nSPS) is 10.5. The first kappa shape index (κ1) is 14.3. The lowest BCUT2D eigenvalue weighted by Gasteiger charge is -2.09. The summed E-state index contributed by atoms with van der Waals surface area (Å²) < 4.78 is 1.76. The molecule has 2 aromatic rings. The van der Waals surface area contributed by atoms with E-state index in [0.717, 1.165) is 17.7 Å². The maximum Gasteiger partial charge on any atom is 0.251 e. The van der Waals surface area contributed by atoms with Crippen LogP contribution in [0.5, 0.6) is 0 Å². The molecule has 0 fully saturated rings. The number of carbonyl (C=O) groups excluding carboxylic acids is 1. The number of aryl methyl sites for hydroxylation is 1. The zero-order chi connectivity index (χ0) is 14.4. The molecule has 0 radical (unpaired) electrons. The number of rotatable bonds is 6. The van der Waals surface area contributed by atoms with Crippen LogP contribution < -0.4 is 11.1 Å². The van der Waals surface area contributed by atoms with Crippen molar-refractivity contribution in [3.63, 3.8) is 0 Å². The highest BCUT2D eigenvalue weighted by Crippen LogP contribution is 2.09. The third kappa shape index (κ3) is 3.68. The molecule has 20 heavy (non-hydrogen) atoms. The summed E-state index contributed by atoms with van der Waals surface area (Å²) in [6.45, 7) is 1.12. The van der Waals surface area contributed by atoms with E-state index in [1.54, 1.807) is 4.68 Å². The van der Waals surface area contributed by atoms with Crippen LogP contribution >= 0.6 is 0 Å². The highest BCUT2D eigenvalue weighted by atomic mass is 16.1. The topological polar surface area (TPSA) is 72.9 Å². The average molecular weight is 272 g/mol. The largest absolute Gasteiger partial charge is 0.352 e. The number of benzene rings is 1. The van der Waals surface area contributed by atoms with Crippen LogP contribution in [0.25, 0.3) is 0 Å². The monoisotopic (exact) mass is 272 g/mol. The number of hydrogen-bond acceptors (Lipinski definition) is 3. The number of hydrogen-bond donors (Lipinski definition) is 2. The first-order valence-corrected chi connectivity index (χ1v) is 6.75. The van der Waals surface area contributed by atoms with Crippen molar-refractivity contribution in [1.82, 2.24) is 15.1 Å². The van der Waals surface area contributed by atoms with Crippen molar-refractivity contribution in [2.45, 2.75) is 12.8 Å². The fraction of sp³-hybridized carbons (Fsp3) is 0.333. The maximum atomic E-state index is 12.2. The lowest BCUT2D eigenvalue weighted by molar-refractivity contribution is 0.0953. The van der Waals surface area contributed by atoms with Gasteiger partial charge in [-0.1, -0.05) is 18.2 Å². The smallest absolute Gasteiger partial charge is 0.251 e. The first-order chi connectivity index (χ1) is 9.70. The fourth-order valence-electron chi connectivity index (χ4n) is 2.11. The Kier molecular flexibility index (Phi) is 4.90. The second-order valence-electron chi connectivity index (χ2n) is 4.68. The predicted molar refractivity (Wildman–Crippen MR) is 78.4 cm³/mol. The highest BCUT2D eigenvalue weighted by Gasteiger charge is 2.09. The van der Waals surface area contributed by atoms with Crippen LogP contribution in [0.15, 0.2) is 36.5 Å². The van der Waals surface area contributed by atoms with Crippen molar-refractivity contribution < 1.29 is 4.79 Å². The van der Waals surface area contributed by atoms with E-state index in [4.69, 9.17) is 5.73 Å². The molecule has 5 nitrogen and oxygen atoms in total. The molecule has 0 spiro atoms. The van der Waals surface area contributed by atoms with Gasteiger partial charge in [0.1, 0.15) is 0 Å². The Bertz CT molecular complexity index is 577. The molecule has 0 unspecified atom stereocenters. The Hall–Kier alpha value is -2.14. The van der Waals surface area contributed by atoms with Crippen molar-refractivity contribution in [3.8, 4) is 0 Å². The molecule has 0 bridgehead atoms. The molecule has 1 heterocycles. The minimum Gasteiger partial charge on any atom is -0.352 e. The molecule has 1 amide bonds. The van der Waals surface area contributed by atoms with Gasteiger partial charge >= 0.3 is 0 Å². The second-order valence-corrected chi connectivity index (χ2v) is 4.68. The molecule has 2 rings (SSSR count). The van der Waals surface area contributed by atoms with Gasteiger partial charge in [0.05, 0.1) is 5.69 Å². The van der Waals surface area contributed by atoms with Gasteiger partial charge in [0.25, 0.3) is 5.91 Å². The summed E-state index contributed by atoms with van der Waals surface area (Å²) >= 11 is 0. The van der Waals surface area contributed by atoms with Crippen molar-refractivity contribution in [1.29, 1.82) is 0 Å². The summed E-state index contributed by atoms with van der Waals surface area (Å²) in [6, 6.07) is 9.53. The third-order valence-electron chi connectivity index (χ3n) is 3.11. The van der Waals surface area contributed by atoms with Gasteiger partial charge in [0.15, 0.2) is 0 Å². The molecule has 0 atom stereocenters. The van der Waals surface area contributed by atoms with Crippen molar-refractivity contribution in [2.75, 3.05) is 13.1 Å². The molecule has 0 aliphatic rings. The molecule has 0 aliphatic heterocycles. The zero-order valence-electron chi connectivity index (χ0n) is 11.7. The maximum absolute atomic E-state index is 12.2. The number of aromatic nitrogens is 2. The predicted octanol–water partition coefficient (Wildman–Crippen LogP) is 0.894. The van der Waals surface area contributed by atoms with Crippen molar-refractivity contribution >= 4 is 5.91 Å². The lowest BCUT2D eigenvalue weighted by atomic mass is 10.0. The molecule has 1 aromatic heterocycles. The zero-order valence-corrected chi connectivity index (χ0v) is 11.7. The minimum absolute atomic E-state index is 0.0509. The Morgan fingerprint density at radius 3 is 2.80 bits per heavy atom. The van der Waals surface area contributed by atoms with Crippen LogP contribution in [-0.4, -0.2) is 28.8 Å². The van der Waals surface area contributed by atoms with E-state index in [2.05, 4.69) is 10.4 Å². The molecular weight excluding hydrogens is 252 g/mol. The van der Waals surface area contributed by atoms with E-state index in [9.17, 15) is 4.79 Å². The summed E-state index contributed by atoms with van der Waals surface area (Å²) in [6.07, 6.45) is 3.34. The SMILES string of the molecule is Cn1ccc(CCNC(=O)c2ccccc2CCN)n1. The van der Waals surface area contributed by atoms with Crippen molar-refractivity contribution in [2.24, 2.45) is 12.8 Å². The van der Waals surface area contributed by atoms with Gasteiger partial charge in [0.2, 0.25) is 0 Å². The van der Waals surface area contributed by atoms with Gasteiger partial charge in [-0.2, -0.15) is 5.10 Å². The number of amides is 1. The molecule has 106 valence electrons.